The van der Waals surface area contributed by atoms with Crippen molar-refractivity contribution in [2.45, 2.75) is 31.7 Å². The fourth-order valence-electron chi connectivity index (χ4n) is 3.15. The summed E-state index contributed by atoms with van der Waals surface area (Å²) in [4.78, 5) is 60.5. The van der Waals surface area contributed by atoms with Crippen LogP contribution in [-0.2, 0) is 14.4 Å². The number of hydrogen-bond donors (Lipinski definition) is 3. The largest absolute Gasteiger partial charge is 0.384 e. The van der Waals surface area contributed by atoms with Crippen LogP contribution in [0.15, 0.2) is 18.2 Å². The first-order valence-corrected chi connectivity index (χ1v) is 8.27. The predicted molar refractivity (Wildman–Crippen MR) is 90.0 cm³/mol. The maximum Gasteiger partial charge on any atom is 0.264 e. The molecule has 1 saturated heterocycles. The molecule has 9 heteroatoms. The number of nitrogens with one attached hydrogen (secondary N) is 2. The van der Waals surface area contributed by atoms with E-state index in [-0.39, 0.29) is 30.4 Å². The Morgan fingerprint density at radius 3 is 2.69 bits per heavy atom. The molecular weight excluding hydrogens is 340 g/mol. The topological polar surface area (TPSA) is 139 Å². The van der Waals surface area contributed by atoms with E-state index in [1.54, 1.807) is 12.1 Å². The number of primary amides is 1. The molecule has 2 aliphatic rings. The Morgan fingerprint density at radius 1 is 1.23 bits per heavy atom. The third kappa shape index (κ3) is 3.15. The molecule has 5 amide bonds. The first kappa shape index (κ1) is 17.6. The van der Waals surface area contributed by atoms with Gasteiger partial charge in [0, 0.05) is 25.1 Å². The summed E-state index contributed by atoms with van der Waals surface area (Å²) in [7, 11) is 0. The van der Waals surface area contributed by atoms with Gasteiger partial charge in [-0.3, -0.25) is 34.2 Å². The summed E-state index contributed by atoms with van der Waals surface area (Å²) in [6, 6.07) is 3.81. The number of rotatable bonds is 6. The zero-order chi connectivity index (χ0) is 18.8. The molecular formula is C17H18N4O5. The molecule has 0 radical (unpaired) electrons. The zero-order valence-corrected chi connectivity index (χ0v) is 13.9. The standard InChI is InChI=1S/C17H18N4O5/c18-12(22)5-2-8-19-10-4-1-3-9-14(10)17(26)21(16(9)25)11-6-7-13(23)20-15(11)24/h1,3-4,11,19H,2,5-8H2,(H2,18,22)(H,20,23,24). The molecule has 0 spiro atoms. The normalized spacial score (nSPS) is 19.4. The highest BCUT2D eigenvalue weighted by molar-refractivity contribution is 6.25. The van der Waals surface area contributed by atoms with Gasteiger partial charge in [-0.25, -0.2) is 0 Å². The molecule has 0 aliphatic carbocycles. The van der Waals surface area contributed by atoms with E-state index in [4.69, 9.17) is 5.73 Å². The first-order valence-electron chi connectivity index (χ1n) is 8.27. The van der Waals surface area contributed by atoms with Gasteiger partial charge in [0.05, 0.1) is 11.1 Å². The van der Waals surface area contributed by atoms with Crippen molar-refractivity contribution in [3.8, 4) is 0 Å². The van der Waals surface area contributed by atoms with Crippen LogP contribution in [0.2, 0.25) is 0 Å². The third-order valence-corrected chi connectivity index (χ3v) is 4.38. The monoisotopic (exact) mass is 358 g/mol. The van der Waals surface area contributed by atoms with Gasteiger partial charge in [-0.15, -0.1) is 0 Å². The predicted octanol–water partition coefficient (Wildman–Crippen LogP) is -0.235. The highest BCUT2D eigenvalue weighted by Gasteiger charge is 2.45. The van der Waals surface area contributed by atoms with E-state index in [2.05, 4.69) is 10.6 Å². The SMILES string of the molecule is NC(=O)CCCNc1cccc2c1C(=O)N(C1CCC(=O)NC1=O)C2=O. The molecule has 0 bridgehead atoms. The zero-order valence-electron chi connectivity index (χ0n) is 13.9. The third-order valence-electron chi connectivity index (χ3n) is 4.38. The number of carbonyl (C=O) groups excluding carboxylic acids is 5. The summed E-state index contributed by atoms with van der Waals surface area (Å²) in [5.74, 6) is -2.61. The molecule has 4 N–H and O–H groups in total. The summed E-state index contributed by atoms with van der Waals surface area (Å²) in [5, 5.41) is 5.19. The summed E-state index contributed by atoms with van der Waals surface area (Å²) in [5.41, 5.74) is 5.95. The van der Waals surface area contributed by atoms with Crippen LogP contribution in [0.25, 0.3) is 0 Å². The number of carbonyl (C=O) groups is 5. The van der Waals surface area contributed by atoms with Crippen molar-refractivity contribution in [2.24, 2.45) is 5.73 Å². The van der Waals surface area contributed by atoms with Gasteiger partial charge in [0.1, 0.15) is 6.04 Å². The van der Waals surface area contributed by atoms with E-state index >= 15 is 0 Å². The number of piperidine rings is 1. The molecule has 2 aliphatic heterocycles. The molecule has 2 heterocycles. The lowest BCUT2D eigenvalue weighted by Gasteiger charge is -2.27. The summed E-state index contributed by atoms with van der Waals surface area (Å²) >= 11 is 0. The minimum absolute atomic E-state index is 0.0715. The lowest BCUT2D eigenvalue weighted by molar-refractivity contribution is -0.136. The average Bonchev–Trinajstić information content (AvgIpc) is 2.84. The fraction of sp³-hybridized carbons (Fsp3) is 0.353. The number of hydrogen-bond acceptors (Lipinski definition) is 6. The first-order chi connectivity index (χ1) is 12.4. The molecule has 9 nitrogen and oxygen atoms in total. The van der Waals surface area contributed by atoms with Gasteiger partial charge in [0.25, 0.3) is 11.8 Å². The second-order valence-corrected chi connectivity index (χ2v) is 6.17. The van der Waals surface area contributed by atoms with Crippen molar-refractivity contribution >= 4 is 35.2 Å². The van der Waals surface area contributed by atoms with E-state index in [0.29, 0.717) is 18.7 Å². The van der Waals surface area contributed by atoms with Gasteiger partial charge in [0.15, 0.2) is 0 Å². The number of nitrogens with two attached hydrogens (primary N) is 1. The number of anilines is 1. The van der Waals surface area contributed by atoms with E-state index in [0.717, 1.165) is 4.90 Å². The molecule has 1 atom stereocenters. The molecule has 1 aromatic carbocycles. The lowest BCUT2D eigenvalue weighted by Crippen LogP contribution is -2.54. The Kier molecular flexibility index (Phi) is 4.70. The quantitative estimate of drug-likeness (QED) is 0.474. The van der Waals surface area contributed by atoms with Gasteiger partial charge in [-0.05, 0) is 25.0 Å². The second-order valence-electron chi connectivity index (χ2n) is 6.17. The Morgan fingerprint density at radius 2 is 2.00 bits per heavy atom. The van der Waals surface area contributed by atoms with Gasteiger partial charge in [-0.2, -0.15) is 0 Å². The van der Waals surface area contributed by atoms with Crippen LogP contribution < -0.4 is 16.4 Å². The van der Waals surface area contributed by atoms with Crippen LogP contribution in [0.4, 0.5) is 5.69 Å². The van der Waals surface area contributed by atoms with Crippen molar-refractivity contribution in [1.29, 1.82) is 0 Å². The van der Waals surface area contributed by atoms with E-state index in [1.165, 1.54) is 6.07 Å². The van der Waals surface area contributed by atoms with Crippen LogP contribution in [-0.4, -0.2) is 47.0 Å². The lowest BCUT2D eigenvalue weighted by atomic mass is 10.0. The van der Waals surface area contributed by atoms with Crippen LogP contribution in [0.1, 0.15) is 46.4 Å². The molecule has 1 aromatic rings. The molecule has 1 fully saturated rings. The number of fused-ring (bicyclic) bond motifs is 1. The van der Waals surface area contributed by atoms with Crippen molar-refractivity contribution < 1.29 is 24.0 Å². The number of nitrogens with zero attached hydrogens (tertiary/aromatic N) is 1. The number of imide groups is 2. The number of amides is 5. The maximum atomic E-state index is 12.8. The fourth-order valence-corrected chi connectivity index (χ4v) is 3.15. The van der Waals surface area contributed by atoms with Gasteiger partial charge < -0.3 is 11.1 Å². The Bertz CT molecular complexity index is 819. The number of benzene rings is 1. The highest BCUT2D eigenvalue weighted by Crippen LogP contribution is 2.32. The van der Waals surface area contributed by atoms with Gasteiger partial charge in [0.2, 0.25) is 17.7 Å². The molecule has 0 saturated carbocycles. The van der Waals surface area contributed by atoms with Crippen molar-refractivity contribution in [1.82, 2.24) is 10.2 Å². The minimum atomic E-state index is -0.997. The van der Waals surface area contributed by atoms with Crippen LogP contribution in [0.3, 0.4) is 0 Å². The molecule has 1 unspecified atom stereocenters. The summed E-state index contributed by atoms with van der Waals surface area (Å²) in [6.45, 7) is 0.402. The van der Waals surface area contributed by atoms with Crippen LogP contribution in [0.5, 0.6) is 0 Å². The van der Waals surface area contributed by atoms with E-state index < -0.39 is 35.6 Å². The Labute approximate surface area is 148 Å². The molecule has 0 aromatic heterocycles. The molecule has 3 rings (SSSR count). The second kappa shape index (κ2) is 6.95. The Balaban J connectivity index is 1.81. The van der Waals surface area contributed by atoms with Gasteiger partial charge >= 0.3 is 0 Å². The smallest absolute Gasteiger partial charge is 0.264 e. The molecule has 136 valence electrons. The molecule has 26 heavy (non-hydrogen) atoms. The highest BCUT2D eigenvalue weighted by atomic mass is 16.2. The summed E-state index contributed by atoms with van der Waals surface area (Å²) in [6.07, 6.45) is 0.870. The van der Waals surface area contributed by atoms with E-state index in [9.17, 15) is 24.0 Å². The minimum Gasteiger partial charge on any atom is -0.384 e. The van der Waals surface area contributed by atoms with Crippen LogP contribution >= 0.6 is 0 Å². The van der Waals surface area contributed by atoms with E-state index in [1.807, 2.05) is 0 Å². The van der Waals surface area contributed by atoms with Crippen molar-refractivity contribution in [3.05, 3.63) is 29.3 Å². The summed E-state index contributed by atoms with van der Waals surface area (Å²) < 4.78 is 0. The van der Waals surface area contributed by atoms with Crippen molar-refractivity contribution in [2.75, 3.05) is 11.9 Å². The maximum absolute atomic E-state index is 12.8. The van der Waals surface area contributed by atoms with Gasteiger partial charge in [-0.1, -0.05) is 6.07 Å². The average molecular weight is 358 g/mol. The van der Waals surface area contributed by atoms with Crippen molar-refractivity contribution in [3.63, 3.8) is 0 Å². The van der Waals surface area contributed by atoms with Crippen LogP contribution in [0, 0.1) is 0 Å². The Hall–Kier alpha value is -3.23.